The largest absolute Gasteiger partial charge is 0.469 e. The van der Waals surface area contributed by atoms with Gasteiger partial charge >= 0.3 is 5.97 Å². The smallest absolute Gasteiger partial charge is 0.310 e. The van der Waals surface area contributed by atoms with Crippen molar-refractivity contribution in [2.45, 2.75) is 19.9 Å². The molecule has 3 aromatic rings. The first-order chi connectivity index (χ1) is 12.1. The number of halogens is 1. The Bertz CT molecular complexity index is 907. The summed E-state index contributed by atoms with van der Waals surface area (Å²) in [5, 5.41) is 4.33. The molecule has 0 radical (unpaired) electrons. The third-order valence-electron chi connectivity index (χ3n) is 4.13. The quantitative estimate of drug-likeness (QED) is 0.714. The Kier molecular flexibility index (Phi) is 4.93. The van der Waals surface area contributed by atoms with Crippen molar-refractivity contribution in [3.05, 3.63) is 71.2 Å². The third kappa shape index (κ3) is 3.76. The van der Waals surface area contributed by atoms with Gasteiger partial charge in [-0.05, 0) is 30.7 Å². The number of fused-ring (bicyclic) bond motifs is 1. The van der Waals surface area contributed by atoms with Gasteiger partial charge in [0.25, 0.3) is 0 Å². The number of rotatable bonds is 5. The first-order valence-corrected chi connectivity index (χ1v) is 8.02. The molecule has 1 heterocycles. The summed E-state index contributed by atoms with van der Waals surface area (Å²) >= 11 is 0. The van der Waals surface area contributed by atoms with Crippen LogP contribution in [0, 0.1) is 12.7 Å². The molecule has 25 heavy (non-hydrogen) atoms. The molecule has 0 amide bonds. The zero-order valence-corrected chi connectivity index (χ0v) is 14.2. The first-order valence-electron chi connectivity index (χ1n) is 8.02. The number of hydrogen-bond acceptors (Lipinski definition) is 4. The van der Waals surface area contributed by atoms with Crippen molar-refractivity contribution >= 4 is 22.6 Å². The average Bonchev–Trinajstić information content (AvgIpc) is 2.62. The van der Waals surface area contributed by atoms with Crippen LogP contribution in [0.1, 0.15) is 16.8 Å². The number of nitrogens with zero attached hydrogens (tertiary/aromatic N) is 1. The predicted molar refractivity (Wildman–Crippen MR) is 95.9 cm³/mol. The Morgan fingerprint density at radius 2 is 1.88 bits per heavy atom. The van der Waals surface area contributed by atoms with E-state index in [2.05, 4.69) is 10.3 Å². The van der Waals surface area contributed by atoms with E-state index < -0.39 is 0 Å². The molecule has 0 unspecified atom stereocenters. The van der Waals surface area contributed by atoms with Crippen molar-refractivity contribution < 1.29 is 13.9 Å². The van der Waals surface area contributed by atoms with Gasteiger partial charge in [0.05, 0.1) is 19.0 Å². The molecule has 0 atom stereocenters. The van der Waals surface area contributed by atoms with E-state index in [1.807, 2.05) is 31.2 Å². The van der Waals surface area contributed by atoms with Crippen molar-refractivity contribution in [3.63, 3.8) is 0 Å². The maximum atomic E-state index is 13.1. The van der Waals surface area contributed by atoms with Crippen molar-refractivity contribution in [2.75, 3.05) is 12.4 Å². The number of hydrogen-bond donors (Lipinski definition) is 1. The van der Waals surface area contributed by atoms with E-state index in [0.29, 0.717) is 6.54 Å². The maximum Gasteiger partial charge on any atom is 0.310 e. The van der Waals surface area contributed by atoms with Crippen LogP contribution in [-0.2, 0) is 22.5 Å². The molecule has 3 rings (SSSR count). The number of ether oxygens (including phenoxy) is 1. The highest BCUT2D eigenvalue weighted by Gasteiger charge is 2.16. The van der Waals surface area contributed by atoms with Crippen LogP contribution < -0.4 is 5.32 Å². The highest BCUT2D eigenvalue weighted by molar-refractivity contribution is 5.95. The number of anilines is 1. The third-order valence-corrected chi connectivity index (χ3v) is 4.13. The van der Waals surface area contributed by atoms with Crippen LogP contribution in [0.4, 0.5) is 10.1 Å². The minimum atomic E-state index is -0.315. The molecule has 128 valence electrons. The molecule has 0 fully saturated rings. The lowest BCUT2D eigenvalue weighted by Crippen LogP contribution is -2.11. The van der Waals surface area contributed by atoms with Gasteiger partial charge in [-0.2, -0.15) is 0 Å². The molecule has 4 nitrogen and oxygen atoms in total. The van der Waals surface area contributed by atoms with E-state index in [4.69, 9.17) is 4.74 Å². The van der Waals surface area contributed by atoms with Gasteiger partial charge in [0.1, 0.15) is 5.82 Å². The minimum absolute atomic E-state index is 0.145. The Hall–Kier alpha value is -2.95. The van der Waals surface area contributed by atoms with Gasteiger partial charge in [0.15, 0.2) is 0 Å². The standard InChI is InChI=1S/C20H19FN2O2/c1-13-17(11-19(24)25-2)20(16-5-3-4-6-18(16)23-13)22-12-14-7-9-15(21)10-8-14/h3-10H,11-12H2,1-2H3,(H,22,23). The fourth-order valence-corrected chi connectivity index (χ4v) is 2.80. The van der Waals surface area contributed by atoms with Gasteiger partial charge in [-0.15, -0.1) is 0 Å². The summed E-state index contributed by atoms with van der Waals surface area (Å²) in [6, 6.07) is 14.1. The molecule has 0 bridgehead atoms. The zero-order valence-electron chi connectivity index (χ0n) is 14.2. The molecule has 0 aliphatic carbocycles. The second-order valence-electron chi connectivity index (χ2n) is 5.80. The molecular formula is C20H19FN2O2. The number of carbonyl (C=O) groups excluding carboxylic acids is 1. The van der Waals surface area contributed by atoms with Crippen molar-refractivity contribution in [1.29, 1.82) is 0 Å². The van der Waals surface area contributed by atoms with Crippen molar-refractivity contribution in [2.24, 2.45) is 0 Å². The van der Waals surface area contributed by atoms with Gasteiger partial charge < -0.3 is 10.1 Å². The van der Waals surface area contributed by atoms with Crippen LogP contribution in [-0.4, -0.2) is 18.1 Å². The number of aryl methyl sites for hydroxylation is 1. The Morgan fingerprint density at radius 3 is 2.60 bits per heavy atom. The maximum absolute atomic E-state index is 13.1. The van der Waals surface area contributed by atoms with E-state index in [-0.39, 0.29) is 18.2 Å². The Morgan fingerprint density at radius 1 is 1.16 bits per heavy atom. The number of aromatic nitrogens is 1. The van der Waals surface area contributed by atoms with Crippen LogP contribution in [0.3, 0.4) is 0 Å². The molecule has 1 N–H and O–H groups in total. The topological polar surface area (TPSA) is 51.2 Å². The van der Waals surface area contributed by atoms with E-state index in [9.17, 15) is 9.18 Å². The number of esters is 1. The molecule has 0 aliphatic heterocycles. The SMILES string of the molecule is COC(=O)Cc1c(C)nc2ccccc2c1NCc1ccc(F)cc1. The molecule has 0 aliphatic rings. The monoisotopic (exact) mass is 338 g/mol. The first kappa shape index (κ1) is 16.9. The van der Waals surface area contributed by atoms with E-state index in [1.165, 1.54) is 19.2 Å². The van der Waals surface area contributed by atoms with Crippen molar-refractivity contribution in [3.8, 4) is 0 Å². The molecule has 5 heteroatoms. The van der Waals surface area contributed by atoms with Gasteiger partial charge in [-0.25, -0.2) is 4.39 Å². The summed E-state index contributed by atoms with van der Waals surface area (Å²) in [5.74, 6) is -0.578. The molecule has 0 spiro atoms. The molecular weight excluding hydrogens is 319 g/mol. The number of carbonyl (C=O) groups is 1. The Balaban J connectivity index is 2.01. The molecule has 0 saturated heterocycles. The van der Waals surface area contributed by atoms with Crippen LogP contribution in [0.5, 0.6) is 0 Å². The van der Waals surface area contributed by atoms with Gasteiger partial charge in [0, 0.05) is 28.9 Å². The summed E-state index contributed by atoms with van der Waals surface area (Å²) < 4.78 is 17.9. The lowest BCUT2D eigenvalue weighted by atomic mass is 10.0. The number of nitrogens with one attached hydrogen (secondary N) is 1. The van der Waals surface area contributed by atoms with Gasteiger partial charge in [-0.3, -0.25) is 9.78 Å². The van der Waals surface area contributed by atoms with Crippen LogP contribution in [0.15, 0.2) is 48.5 Å². The normalized spacial score (nSPS) is 10.7. The van der Waals surface area contributed by atoms with Gasteiger partial charge in [-0.1, -0.05) is 30.3 Å². The van der Waals surface area contributed by atoms with Crippen LogP contribution in [0.2, 0.25) is 0 Å². The molecule has 1 aromatic heterocycles. The highest BCUT2D eigenvalue weighted by Crippen LogP contribution is 2.29. The summed E-state index contributed by atoms with van der Waals surface area (Å²) in [6.07, 6.45) is 0.145. The van der Waals surface area contributed by atoms with E-state index >= 15 is 0 Å². The van der Waals surface area contributed by atoms with Crippen LogP contribution in [0.25, 0.3) is 10.9 Å². The van der Waals surface area contributed by atoms with Crippen molar-refractivity contribution in [1.82, 2.24) is 4.98 Å². The second-order valence-corrected chi connectivity index (χ2v) is 5.80. The lowest BCUT2D eigenvalue weighted by molar-refractivity contribution is -0.139. The predicted octanol–water partition coefficient (Wildman–Crippen LogP) is 4.01. The van der Waals surface area contributed by atoms with E-state index in [0.717, 1.165) is 33.4 Å². The summed E-state index contributed by atoms with van der Waals surface area (Å²) in [4.78, 5) is 16.4. The average molecular weight is 338 g/mol. The van der Waals surface area contributed by atoms with Crippen LogP contribution >= 0.6 is 0 Å². The number of pyridine rings is 1. The summed E-state index contributed by atoms with van der Waals surface area (Å²) in [5.41, 5.74) is 4.26. The minimum Gasteiger partial charge on any atom is -0.469 e. The Labute approximate surface area is 145 Å². The summed E-state index contributed by atoms with van der Waals surface area (Å²) in [7, 11) is 1.37. The lowest BCUT2D eigenvalue weighted by Gasteiger charge is -2.17. The highest BCUT2D eigenvalue weighted by atomic mass is 19.1. The van der Waals surface area contributed by atoms with Gasteiger partial charge in [0.2, 0.25) is 0 Å². The fraction of sp³-hybridized carbons (Fsp3) is 0.200. The number of methoxy groups -OCH3 is 1. The number of para-hydroxylation sites is 1. The van der Waals surface area contributed by atoms with E-state index in [1.54, 1.807) is 12.1 Å². The molecule has 0 saturated carbocycles. The summed E-state index contributed by atoms with van der Waals surface area (Å²) in [6.45, 7) is 2.40. The molecule has 2 aromatic carbocycles. The fourth-order valence-electron chi connectivity index (χ4n) is 2.80. The zero-order chi connectivity index (χ0) is 17.8. The number of benzene rings is 2. The second kappa shape index (κ2) is 7.30.